The molecule has 2 saturated heterocycles. The highest BCUT2D eigenvalue weighted by atomic mass is 16.5. The Labute approximate surface area is 143 Å². The van der Waals surface area contributed by atoms with Crippen molar-refractivity contribution >= 4 is 11.6 Å². The number of anilines is 1. The quantitative estimate of drug-likeness (QED) is 0.889. The fourth-order valence-electron chi connectivity index (χ4n) is 4.46. The van der Waals surface area contributed by atoms with Crippen molar-refractivity contribution in [1.82, 2.24) is 10.2 Å². The molecule has 1 atom stereocenters. The van der Waals surface area contributed by atoms with E-state index in [1.165, 1.54) is 36.9 Å². The van der Waals surface area contributed by atoms with Crippen molar-refractivity contribution < 1.29 is 9.53 Å². The topological polar surface area (TPSA) is 53.6 Å². The van der Waals surface area contributed by atoms with Gasteiger partial charge < -0.3 is 15.4 Å². The van der Waals surface area contributed by atoms with Gasteiger partial charge in [-0.05, 0) is 37.0 Å². The molecule has 0 radical (unpaired) electrons. The Morgan fingerprint density at radius 2 is 2.21 bits per heavy atom. The number of nitrogens with zero attached hydrogens (tertiary/aromatic N) is 1. The van der Waals surface area contributed by atoms with E-state index in [1.54, 1.807) is 0 Å². The highest BCUT2D eigenvalue weighted by Gasteiger charge is 2.46. The molecule has 0 bridgehead atoms. The molecule has 3 aliphatic rings. The van der Waals surface area contributed by atoms with Gasteiger partial charge in [0.05, 0.1) is 18.2 Å². The van der Waals surface area contributed by atoms with Gasteiger partial charge in [-0.15, -0.1) is 0 Å². The largest absolute Gasteiger partial charge is 0.379 e. The van der Waals surface area contributed by atoms with Crippen molar-refractivity contribution in [2.75, 3.05) is 31.6 Å². The maximum Gasteiger partial charge on any atom is 0.234 e. The zero-order valence-corrected chi connectivity index (χ0v) is 14.2. The number of ether oxygens (including phenoxy) is 1. The number of rotatable bonds is 4. The van der Waals surface area contributed by atoms with Gasteiger partial charge in [0, 0.05) is 31.9 Å². The molecule has 2 N–H and O–H groups in total. The molecule has 1 aliphatic carbocycles. The highest BCUT2D eigenvalue weighted by Crippen LogP contribution is 2.42. The molecule has 1 aromatic rings. The van der Waals surface area contributed by atoms with Crippen LogP contribution in [0.5, 0.6) is 0 Å². The minimum Gasteiger partial charge on any atom is -0.379 e. The van der Waals surface area contributed by atoms with E-state index < -0.39 is 0 Å². The van der Waals surface area contributed by atoms with Crippen LogP contribution in [0.15, 0.2) is 24.3 Å². The smallest absolute Gasteiger partial charge is 0.234 e. The van der Waals surface area contributed by atoms with Crippen LogP contribution >= 0.6 is 0 Å². The first kappa shape index (κ1) is 15.9. The molecule has 5 nitrogen and oxygen atoms in total. The summed E-state index contributed by atoms with van der Waals surface area (Å²) >= 11 is 0. The van der Waals surface area contributed by atoms with Gasteiger partial charge in [-0.3, -0.25) is 9.69 Å². The maximum absolute atomic E-state index is 11.5. The van der Waals surface area contributed by atoms with E-state index in [1.807, 2.05) is 0 Å². The molecule has 1 aromatic carbocycles. The molecule has 1 saturated carbocycles. The lowest BCUT2D eigenvalue weighted by molar-refractivity contribution is -0.124. The predicted octanol–water partition coefficient (Wildman–Crippen LogP) is 2.13. The van der Waals surface area contributed by atoms with E-state index in [9.17, 15) is 4.79 Å². The Kier molecular flexibility index (Phi) is 4.46. The van der Waals surface area contributed by atoms with Gasteiger partial charge in [-0.2, -0.15) is 0 Å². The van der Waals surface area contributed by atoms with E-state index in [0.29, 0.717) is 12.6 Å². The zero-order chi connectivity index (χ0) is 16.4. The summed E-state index contributed by atoms with van der Waals surface area (Å²) < 4.78 is 6.13. The van der Waals surface area contributed by atoms with Crippen molar-refractivity contribution in [3.63, 3.8) is 0 Å². The van der Waals surface area contributed by atoms with E-state index in [-0.39, 0.29) is 11.5 Å². The molecule has 24 heavy (non-hydrogen) atoms. The van der Waals surface area contributed by atoms with E-state index in [4.69, 9.17) is 4.74 Å². The van der Waals surface area contributed by atoms with Gasteiger partial charge in [0.15, 0.2) is 0 Å². The maximum atomic E-state index is 11.5. The number of hydrogen-bond donors (Lipinski definition) is 2. The molecular weight excluding hydrogens is 302 g/mol. The minimum atomic E-state index is 0.0704. The van der Waals surface area contributed by atoms with Gasteiger partial charge in [0.2, 0.25) is 5.91 Å². The number of benzene rings is 1. The molecule has 1 unspecified atom stereocenters. The molecular formula is C19H27N3O2. The Morgan fingerprint density at radius 3 is 3.04 bits per heavy atom. The second-order valence-corrected chi connectivity index (χ2v) is 7.37. The Bertz CT molecular complexity index is 593. The summed E-state index contributed by atoms with van der Waals surface area (Å²) in [6, 6.07) is 9.06. The number of hydrogen-bond acceptors (Lipinski definition) is 4. The Morgan fingerprint density at radius 1 is 1.33 bits per heavy atom. The highest BCUT2D eigenvalue weighted by molar-refractivity contribution is 5.78. The number of carbonyl (C=O) groups excluding carboxylic acids is 1. The standard InChI is InChI=1S/C19H27N3O2/c23-18-14-22(10-9-20-18)13-15-4-3-5-16(12-15)21-17-6-11-24-19(17)7-1-2-8-19/h3-5,12,17,21H,1-2,6-11,13-14H2,(H,20,23). The third-order valence-corrected chi connectivity index (χ3v) is 5.67. The number of piperazine rings is 1. The van der Waals surface area contributed by atoms with E-state index in [2.05, 4.69) is 39.8 Å². The number of amides is 1. The lowest BCUT2D eigenvalue weighted by Crippen LogP contribution is -2.47. The van der Waals surface area contributed by atoms with E-state index in [0.717, 1.165) is 32.7 Å². The molecule has 0 aromatic heterocycles. The van der Waals surface area contributed by atoms with Gasteiger partial charge >= 0.3 is 0 Å². The first-order valence-corrected chi connectivity index (χ1v) is 9.22. The Balaban J connectivity index is 1.42. The van der Waals surface area contributed by atoms with E-state index >= 15 is 0 Å². The molecule has 2 aliphatic heterocycles. The molecule has 130 valence electrons. The first-order chi connectivity index (χ1) is 11.7. The monoisotopic (exact) mass is 329 g/mol. The van der Waals surface area contributed by atoms with Crippen molar-refractivity contribution in [3.05, 3.63) is 29.8 Å². The number of nitrogens with one attached hydrogen (secondary N) is 2. The minimum absolute atomic E-state index is 0.0704. The van der Waals surface area contributed by atoms with Crippen LogP contribution in [-0.2, 0) is 16.1 Å². The van der Waals surface area contributed by atoms with Crippen LogP contribution in [0.25, 0.3) is 0 Å². The van der Waals surface area contributed by atoms with Gasteiger partial charge in [-0.25, -0.2) is 0 Å². The average molecular weight is 329 g/mol. The lowest BCUT2D eigenvalue weighted by atomic mass is 9.92. The normalized spacial score (nSPS) is 26.7. The number of carbonyl (C=O) groups is 1. The Hall–Kier alpha value is -1.59. The second-order valence-electron chi connectivity index (χ2n) is 7.37. The molecule has 4 rings (SSSR count). The fraction of sp³-hybridized carbons (Fsp3) is 0.632. The van der Waals surface area contributed by atoms with Crippen molar-refractivity contribution in [2.45, 2.75) is 50.3 Å². The van der Waals surface area contributed by atoms with Crippen molar-refractivity contribution in [2.24, 2.45) is 0 Å². The van der Waals surface area contributed by atoms with Crippen LogP contribution in [0.3, 0.4) is 0 Å². The molecule has 1 spiro atoms. The summed E-state index contributed by atoms with van der Waals surface area (Å²) in [6.45, 7) is 3.87. The van der Waals surface area contributed by atoms with Crippen molar-refractivity contribution in [1.29, 1.82) is 0 Å². The third kappa shape index (κ3) is 3.28. The zero-order valence-electron chi connectivity index (χ0n) is 14.2. The summed E-state index contributed by atoms with van der Waals surface area (Å²) in [7, 11) is 0. The summed E-state index contributed by atoms with van der Waals surface area (Å²) in [5.41, 5.74) is 2.51. The molecule has 1 amide bonds. The van der Waals surface area contributed by atoms with Crippen LogP contribution < -0.4 is 10.6 Å². The molecule has 5 heteroatoms. The summed E-state index contributed by atoms with van der Waals surface area (Å²) in [5.74, 6) is 0.127. The van der Waals surface area contributed by atoms with Gasteiger partial charge in [-0.1, -0.05) is 25.0 Å². The van der Waals surface area contributed by atoms with Gasteiger partial charge in [0.1, 0.15) is 0 Å². The second kappa shape index (κ2) is 6.73. The summed E-state index contributed by atoms with van der Waals surface area (Å²) in [5, 5.41) is 6.62. The SMILES string of the molecule is O=C1CN(Cc2cccc(NC3CCOC34CCCC4)c2)CCN1. The van der Waals surface area contributed by atoms with Crippen LogP contribution in [-0.4, -0.2) is 48.7 Å². The van der Waals surface area contributed by atoms with Crippen LogP contribution in [0.4, 0.5) is 5.69 Å². The van der Waals surface area contributed by atoms with Crippen LogP contribution in [0.2, 0.25) is 0 Å². The lowest BCUT2D eigenvalue weighted by Gasteiger charge is -2.31. The van der Waals surface area contributed by atoms with Crippen molar-refractivity contribution in [3.8, 4) is 0 Å². The third-order valence-electron chi connectivity index (χ3n) is 5.67. The fourth-order valence-corrected chi connectivity index (χ4v) is 4.46. The van der Waals surface area contributed by atoms with Gasteiger partial charge in [0.25, 0.3) is 0 Å². The van der Waals surface area contributed by atoms with Crippen LogP contribution in [0, 0.1) is 0 Å². The average Bonchev–Trinajstić information content (AvgIpc) is 3.19. The summed E-state index contributed by atoms with van der Waals surface area (Å²) in [4.78, 5) is 13.7. The molecule has 2 heterocycles. The first-order valence-electron chi connectivity index (χ1n) is 9.22. The molecule has 3 fully saturated rings. The van der Waals surface area contributed by atoms with Crippen LogP contribution in [0.1, 0.15) is 37.7 Å². The summed E-state index contributed by atoms with van der Waals surface area (Å²) in [6.07, 6.45) is 6.04. The predicted molar refractivity (Wildman–Crippen MR) is 93.9 cm³/mol.